The van der Waals surface area contributed by atoms with Gasteiger partial charge in [-0.05, 0) is 23.8 Å². The van der Waals surface area contributed by atoms with Gasteiger partial charge in [0.2, 0.25) is 5.91 Å². The zero-order valence-corrected chi connectivity index (χ0v) is 11.7. The van der Waals surface area contributed by atoms with Crippen LogP contribution in [0.5, 0.6) is 0 Å². The lowest BCUT2D eigenvalue weighted by Crippen LogP contribution is -2.14. The number of rotatable bonds is 4. The van der Waals surface area contributed by atoms with Gasteiger partial charge in [0.1, 0.15) is 0 Å². The summed E-state index contributed by atoms with van der Waals surface area (Å²) in [5.41, 5.74) is 5.21. The molecule has 0 heterocycles. The molecule has 2 N–H and O–H groups in total. The number of hydrogen-bond donors (Lipinski definition) is 1. The van der Waals surface area contributed by atoms with E-state index in [-0.39, 0.29) is 5.56 Å². The predicted octanol–water partition coefficient (Wildman–Crippen LogP) is 4.10. The van der Waals surface area contributed by atoms with Crippen LogP contribution in [0, 0.1) is 0 Å². The highest BCUT2D eigenvalue weighted by molar-refractivity contribution is 7.98. The SMILES string of the molecule is NC(=O)c1cc(C(F)(F)F)ccc1SCc1ccccc1. The Kier molecular flexibility index (Phi) is 4.57. The molecular formula is C15H12F3NOS. The first kappa shape index (κ1) is 15.4. The Hall–Kier alpha value is -1.95. The summed E-state index contributed by atoms with van der Waals surface area (Å²) in [6.07, 6.45) is -4.49. The van der Waals surface area contributed by atoms with Crippen LogP contribution in [0.4, 0.5) is 13.2 Å². The topological polar surface area (TPSA) is 43.1 Å². The van der Waals surface area contributed by atoms with Gasteiger partial charge in [0, 0.05) is 10.6 Å². The number of hydrogen-bond acceptors (Lipinski definition) is 2. The number of benzene rings is 2. The molecule has 0 spiro atoms. The normalized spacial score (nSPS) is 11.4. The van der Waals surface area contributed by atoms with Crippen molar-refractivity contribution in [3.8, 4) is 0 Å². The van der Waals surface area contributed by atoms with Crippen molar-refractivity contribution in [1.29, 1.82) is 0 Å². The lowest BCUT2D eigenvalue weighted by atomic mass is 10.1. The highest BCUT2D eigenvalue weighted by atomic mass is 32.2. The van der Waals surface area contributed by atoms with Crippen molar-refractivity contribution in [2.75, 3.05) is 0 Å². The Balaban J connectivity index is 2.25. The molecule has 2 nitrogen and oxygen atoms in total. The molecule has 0 atom stereocenters. The second-order valence-corrected chi connectivity index (χ2v) is 5.36. The Morgan fingerprint density at radius 2 is 1.76 bits per heavy atom. The predicted molar refractivity (Wildman–Crippen MR) is 76.0 cm³/mol. The third kappa shape index (κ3) is 4.01. The molecule has 0 aliphatic carbocycles. The lowest BCUT2D eigenvalue weighted by molar-refractivity contribution is -0.137. The molecule has 21 heavy (non-hydrogen) atoms. The number of alkyl halides is 3. The van der Waals surface area contributed by atoms with E-state index in [1.165, 1.54) is 17.8 Å². The Morgan fingerprint density at radius 1 is 1.10 bits per heavy atom. The standard InChI is InChI=1S/C15H12F3NOS/c16-15(17,18)11-6-7-13(12(8-11)14(19)20)21-9-10-4-2-1-3-5-10/h1-8H,9H2,(H2,19,20). The summed E-state index contributed by atoms with van der Waals surface area (Å²) >= 11 is 1.28. The van der Waals surface area contributed by atoms with Gasteiger partial charge >= 0.3 is 6.18 Å². The third-order valence-corrected chi connectivity index (χ3v) is 3.95. The van der Waals surface area contributed by atoms with Crippen LogP contribution in [-0.4, -0.2) is 5.91 Å². The molecule has 1 amide bonds. The Labute approximate surface area is 124 Å². The van der Waals surface area contributed by atoms with Gasteiger partial charge in [-0.2, -0.15) is 13.2 Å². The molecule has 2 aromatic carbocycles. The second kappa shape index (κ2) is 6.22. The fraction of sp³-hybridized carbons (Fsp3) is 0.133. The van der Waals surface area contributed by atoms with Crippen molar-refractivity contribution in [2.45, 2.75) is 16.8 Å². The summed E-state index contributed by atoms with van der Waals surface area (Å²) in [5.74, 6) is -0.316. The van der Waals surface area contributed by atoms with Gasteiger partial charge in [-0.25, -0.2) is 0 Å². The highest BCUT2D eigenvalue weighted by Gasteiger charge is 2.31. The highest BCUT2D eigenvalue weighted by Crippen LogP contribution is 2.33. The maximum Gasteiger partial charge on any atom is 0.416 e. The van der Waals surface area contributed by atoms with E-state index in [4.69, 9.17) is 5.73 Å². The zero-order chi connectivity index (χ0) is 15.5. The molecule has 110 valence electrons. The molecule has 0 unspecified atom stereocenters. The number of carbonyl (C=O) groups is 1. The first-order chi connectivity index (χ1) is 9.88. The first-order valence-electron chi connectivity index (χ1n) is 6.05. The molecule has 2 aromatic rings. The van der Waals surface area contributed by atoms with Crippen molar-refractivity contribution >= 4 is 17.7 Å². The molecule has 0 aliphatic heterocycles. The molecule has 0 aromatic heterocycles. The van der Waals surface area contributed by atoms with Gasteiger partial charge in [0.25, 0.3) is 0 Å². The van der Waals surface area contributed by atoms with E-state index in [2.05, 4.69) is 0 Å². The maximum absolute atomic E-state index is 12.7. The van der Waals surface area contributed by atoms with Crippen LogP contribution in [-0.2, 0) is 11.9 Å². The maximum atomic E-state index is 12.7. The van der Waals surface area contributed by atoms with Crippen molar-refractivity contribution in [3.63, 3.8) is 0 Å². The van der Waals surface area contributed by atoms with Crippen LogP contribution in [0.3, 0.4) is 0 Å². The molecule has 2 rings (SSSR count). The summed E-state index contributed by atoms with van der Waals surface area (Å²) in [5, 5.41) is 0. The van der Waals surface area contributed by atoms with Gasteiger partial charge in [0.05, 0.1) is 11.1 Å². The van der Waals surface area contributed by atoms with Crippen molar-refractivity contribution in [1.82, 2.24) is 0 Å². The second-order valence-electron chi connectivity index (χ2n) is 4.35. The first-order valence-corrected chi connectivity index (χ1v) is 7.04. The van der Waals surface area contributed by atoms with Crippen LogP contribution < -0.4 is 5.73 Å². The van der Waals surface area contributed by atoms with Gasteiger partial charge < -0.3 is 5.73 Å². The van der Waals surface area contributed by atoms with Crippen LogP contribution in [0.25, 0.3) is 0 Å². The number of carbonyl (C=O) groups excluding carboxylic acids is 1. The van der Waals surface area contributed by atoms with Crippen molar-refractivity contribution < 1.29 is 18.0 Å². The van der Waals surface area contributed by atoms with Crippen LogP contribution >= 0.6 is 11.8 Å². The minimum absolute atomic E-state index is 0.106. The molecule has 0 fully saturated rings. The van der Waals surface area contributed by atoms with Gasteiger partial charge in [-0.15, -0.1) is 11.8 Å². The quantitative estimate of drug-likeness (QED) is 0.864. The third-order valence-electron chi connectivity index (χ3n) is 2.81. The summed E-state index contributed by atoms with van der Waals surface area (Å²) in [7, 11) is 0. The molecule has 0 aliphatic rings. The molecule has 0 saturated carbocycles. The number of halogens is 3. The van der Waals surface area contributed by atoms with E-state index >= 15 is 0 Å². The number of thioether (sulfide) groups is 1. The monoisotopic (exact) mass is 311 g/mol. The van der Waals surface area contributed by atoms with Crippen LogP contribution in [0.2, 0.25) is 0 Å². The molecule has 0 saturated heterocycles. The van der Waals surface area contributed by atoms with Crippen LogP contribution in [0.15, 0.2) is 53.4 Å². The number of nitrogens with two attached hydrogens (primary N) is 1. The lowest BCUT2D eigenvalue weighted by Gasteiger charge is -2.11. The van der Waals surface area contributed by atoms with Crippen molar-refractivity contribution in [3.05, 3.63) is 65.2 Å². The summed E-state index contributed by atoms with van der Waals surface area (Å²) in [6.45, 7) is 0. The fourth-order valence-corrected chi connectivity index (χ4v) is 2.75. The smallest absolute Gasteiger partial charge is 0.366 e. The Bertz CT molecular complexity index is 641. The fourth-order valence-electron chi connectivity index (χ4n) is 1.76. The molecule has 6 heteroatoms. The average molecular weight is 311 g/mol. The molecule has 0 bridgehead atoms. The van der Waals surface area contributed by atoms with Gasteiger partial charge in [-0.3, -0.25) is 4.79 Å². The minimum atomic E-state index is -4.49. The number of primary amides is 1. The van der Waals surface area contributed by atoms with Crippen LogP contribution in [0.1, 0.15) is 21.5 Å². The minimum Gasteiger partial charge on any atom is -0.366 e. The van der Waals surface area contributed by atoms with E-state index in [0.29, 0.717) is 10.6 Å². The van der Waals surface area contributed by atoms with Gasteiger partial charge in [0.15, 0.2) is 0 Å². The van der Waals surface area contributed by atoms with E-state index in [1.54, 1.807) is 0 Å². The number of amides is 1. The van der Waals surface area contributed by atoms with Gasteiger partial charge in [-0.1, -0.05) is 30.3 Å². The zero-order valence-electron chi connectivity index (χ0n) is 10.9. The molecular weight excluding hydrogens is 299 g/mol. The van der Waals surface area contributed by atoms with E-state index in [0.717, 1.165) is 17.7 Å². The summed E-state index contributed by atoms with van der Waals surface area (Å²) < 4.78 is 38.0. The van der Waals surface area contributed by atoms with E-state index < -0.39 is 17.6 Å². The van der Waals surface area contributed by atoms with Crippen molar-refractivity contribution in [2.24, 2.45) is 5.73 Å². The Morgan fingerprint density at radius 3 is 2.33 bits per heavy atom. The molecule has 0 radical (unpaired) electrons. The average Bonchev–Trinajstić information content (AvgIpc) is 2.45. The van der Waals surface area contributed by atoms with E-state index in [1.807, 2.05) is 30.3 Å². The summed E-state index contributed by atoms with van der Waals surface area (Å²) in [4.78, 5) is 11.8. The largest absolute Gasteiger partial charge is 0.416 e. The van der Waals surface area contributed by atoms with E-state index in [9.17, 15) is 18.0 Å². The summed E-state index contributed by atoms with van der Waals surface area (Å²) in [6, 6.07) is 12.5.